The predicted molar refractivity (Wildman–Crippen MR) is 108 cm³/mol. The van der Waals surface area contributed by atoms with Gasteiger partial charge in [-0.15, -0.1) is 0 Å². The Morgan fingerprint density at radius 2 is 1.92 bits per heavy atom. The molecule has 0 radical (unpaired) electrons. The maximum atomic E-state index is 13.3. The number of Topliss-reactive ketones (excluding diaryl/α,β-unsaturated/α-hetero) is 1. The summed E-state index contributed by atoms with van der Waals surface area (Å²) in [6, 6.07) is 17.1. The van der Waals surface area contributed by atoms with Crippen molar-refractivity contribution < 1.29 is 4.79 Å². The summed E-state index contributed by atoms with van der Waals surface area (Å²) < 4.78 is 0.972. The van der Waals surface area contributed by atoms with Crippen LogP contribution in [0.15, 0.2) is 70.3 Å². The molecule has 0 saturated heterocycles. The van der Waals surface area contributed by atoms with Gasteiger partial charge < -0.3 is 10.2 Å². The lowest BCUT2D eigenvalue weighted by molar-refractivity contribution is 0.102. The highest BCUT2D eigenvalue weighted by molar-refractivity contribution is 9.10. The highest BCUT2D eigenvalue weighted by atomic mass is 79.9. The summed E-state index contributed by atoms with van der Waals surface area (Å²) in [6.45, 7) is 4.72. The average Bonchev–Trinajstić information content (AvgIpc) is 2.62. The fraction of sp³-hybridized carbons (Fsp3) is 0.200. The molecule has 1 unspecified atom stereocenters. The smallest absolute Gasteiger partial charge is 0.193 e. The zero-order valence-corrected chi connectivity index (χ0v) is 16.5. The molecule has 1 aliphatic rings. The molecule has 25 heavy (non-hydrogen) atoms. The van der Waals surface area contributed by atoms with Crippen molar-refractivity contribution in [1.82, 2.24) is 10.2 Å². The molecule has 0 spiro atoms. The molecule has 0 aromatic heterocycles. The van der Waals surface area contributed by atoms with Gasteiger partial charge in [0.25, 0.3) is 0 Å². The van der Waals surface area contributed by atoms with Crippen molar-refractivity contribution in [2.75, 3.05) is 6.54 Å². The van der Waals surface area contributed by atoms with E-state index in [4.69, 9.17) is 12.2 Å². The van der Waals surface area contributed by atoms with Crippen molar-refractivity contribution in [1.29, 1.82) is 0 Å². The molecule has 128 valence electrons. The Kier molecular flexibility index (Phi) is 5.35. The van der Waals surface area contributed by atoms with Crippen LogP contribution in [-0.2, 0) is 0 Å². The third-order valence-electron chi connectivity index (χ3n) is 4.38. The minimum absolute atomic E-state index is 0.0246. The van der Waals surface area contributed by atoms with Gasteiger partial charge in [0.05, 0.1) is 6.04 Å². The summed E-state index contributed by atoms with van der Waals surface area (Å²) >= 11 is 9.04. The molecule has 1 aliphatic heterocycles. The first kappa shape index (κ1) is 17.8. The van der Waals surface area contributed by atoms with Gasteiger partial charge >= 0.3 is 0 Å². The largest absolute Gasteiger partial charge is 0.351 e. The molecule has 5 heteroatoms. The summed E-state index contributed by atoms with van der Waals surface area (Å²) in [6.07, 6.45) is 0. The summed E-state index contributed by atoms with van der Waals surface area (Å²) in [5.41, 5.74) is 3.33. The van der Waals surface area contributed by atoms with Crippen molar-refractivity contribution in [2.45, 2.75) is 19.9 Å². The lowest BCUT2D eigenvalue weighted by Crippen LogP contribution is -2.47. The highest BCUT2D eigenvalue weighted by Gasteiger charge is 2.33. The van der Waals surface area contributed by atoms with Gasteiger partial charge in [-0.2, -0.15) is 0 Å². The number of nitrogens with one attached hydrogen (secondary N) is 1. The van der Waals surface area contributed by atoms with Crippen molar-refractivity contribution in [2.24, 2.45) is 0 Å². The number of hydrogen-bond acceptors (Lipinski definition) is 2. The molecule has 0 saturated carbocycles. The van der Waals surface area contributed by atoms with Crippen molar-refractivity contribution in [3.05, 3.63) is 81.5 Å². The van der Waals surface area contributed by atoms with Crippen molar-refractivity contribution in [3.63, 3.8) is 0 Å². The minimum atomic E-state index is -0.263. The third-order valence-corrected chi connectivity index (χ3v) is 5.21. The van der Waals surface area contributed by atoms with E-state index < -0.39 is 0 Å². The third kappa shape index (κ3) is 3.53. The van der Waals surface area contributed by atoms with Crippen LogP contribution in [0.3, 0.4) is 0 Å². The van der Waals surface area contributed by atoms with E-state index in [1.54, 1.807) is 0 Å². The number of hydrogen-bond donors (Lipinski definition) is 1. The monoisotopic (exact) mass is 414 g/mol. The van der Waals surface area contributed by atoms with E-state index in [2.05, 4.69) is 21.2 Å². The molecule has 3 nitrogen and oxygen atoms in total. The quantitative estimate of drug-likeness (QED) is 0.571. The maximum Gasteiger partial charge on any atom is 0.193 e. The van der Waals surface area contributed by atoms with Crippen LogP contribution in [0.25, 0.3) is 0 Å². The van der Waals surface area contributed by atoms with Crippen LogP contribution in [0.4, 0.5) is 0 Å². The molecule has 0 aliphatic carbocycles. The second kappa shape index (κ2) is 7.50. The Morgan fingerprint density at radius 3 is 2.56 bits per heavy atom. The second-order valence-electron chi connectivity index (χ2n) is 5.88. The number of thiocarbonyl (C=S) groups is 1. The summed E-state index contributed by atoms with van der Waals surface area (Å²) in [5.74, 6) is 0.0246. The number of nitrogens with zero attached hydrogens (tertiary/aromatic N) is 1. The van der Waals surface area contributed by atoms with Crippen LogP contribution in [0.5, 0.6) is 0 Å². The molecular formula is C20H19BrN2OS. The van der Waals surface area contributed by atoms with E-state index in [1.165, 1.54) is 0 Å². The van der Waals surface area contributed by atoms with Crippen LogP contribution in [0.2, 0.25) is 0 Å². The van der Waals surface area contributed by atoms with Crippen LogP contribution in [0, 0.1) is 0 Å². The van der Waals surface area contributed by atoms with Gasteiger partial charge in [-0.1, -0.05) is 58.4 Å². The van der Waals surface area contributed by atoms with Gasteiger partial charge in [0.2, 0.25) is 0 Å². The van der Waals surface area contributed by atoms with E-state index in [0.29, 0.717) is 17.2 Å². The van der Waals surface area contributed by atoms with E-state index in [9.17, 15) is 4.79 Å². The standard InChI is InChI=1S/C20H19BrN2OS/c1-3-23-13(2)17(19(24)14-8-5-4-6-9-14)18(22-20(23)25)15-10-7-11-16(21)12-15/h4-12,18H,3H2,1-2H3,(H,22,25). The number of carbonyl (C=O) groups is 1. The van der Waals surface area contributed by atoms with Crippen LogP contribution in [-0.4, -0.2) is 22.3 Å². The lowest BCUT2D eigenvalue weighted by Gasteiger charge is -2.37. The molecular weight excluding hydrogens is 396 g/mol. The zero-order valence-electron chi connectivity index (χ0n) is 14.1. The van der Waals surface area contributed by atoms with Gasteiger partial charge in [0.1, 0.15) is 0 Å². The molecule has 1 atom stereocenters. The number of carbonyl (C=O) groups excluding carboxylic acids is 1. The number of rotatable bonds is 4. The van der Waals surface area contributed by atoms with Crippen molar-refractivity contribution >= 4 is 39.0 Å². The summed E-state index contributed by atoms with van der Waals surface area (Å²) in [7, 11) is 0. The van der Waals surface area contributed by atoms with Crippen molar-refractivity contribution in [3.8, 4) is 0 Å². The first-order chi connectivity index (χ1) is 12.0. The summed E-state index contributed by atoms with van der Waals surface area (Å²) in [4.78, 5) is 15.2. The number of allylic oxidation sites excluding steroid dienone is 1. The van der Waals surface area contributed by atoms with Crippen LogP contribution >= 0.6 is 28.1 Å². The molecule has 2 aromatic carbocycles. The fourth-order valence-electron chi connectivity index (χ4n) is 3.14. The van der Waals surface area contributed by atoms with Gasteiger partial charge in [0, 0.05) is 27.9 Å². The molecule has 0 bridgehead atoms. The van der Waals surface area contributed by atoms with E-state index in [0.717, 1.165) is 21.3 Å². The predicted octanol–water partition coefficient (Wildman–Crippen LogP) is 4.86. The topological polar surface area (TPSA) is 32.3 Å². The average molecular weight is 415 g/mol. The molecule has 2 aromatic rings. The van der Waals surface area contributed by atoms with Crippen LogP contribution in [0.1, 0.15) is 35.8 Å². The van der Waals surface area contributed by atoms with Gasteiger partial charge in [-0.3, -0.25) is 4.79 Å². The molecule has 0 fully saturated rings. The molecule has 0 amide bonds. The SMILES string of the molecule is CCN1C(=S)NC(c2cccc(Br)c2)C(C(=O)c2ccccc2)=C1C. The number of halogens is 1. The number of benzene rings is 2. The molecule has 3 rings (SSSR count). The Bertz CT molecular complexity index is 848. The van der Waals surface area contributed by atoms with E-state index in [-0.39, 0.29) is 11.8 Å². The zero-order chi connectivity index (χ0) is 18.0. The Hall–Kier alpha value is -1.98. The van der Waals surface area contributed by atoms with Gasteiger partial charge in [0.15, 0.2) is 10.9 Å². The Morgan fingerprint density at radius 1 is 1.20 bits per heavy atom. The molecule has 1 N–H and O–H groups in total. The van der Waals surface area contributed by atoms with Gasteiger partial charge in [-0.25, -0.2) is 0 Å². The van der Waals surface area contributed by atoms with Gasteiger partial charge in [-0.05, 0) is 43.8 Å². The first-order valence-corrected chi connectivity index (χ1v) is 9.37. The lowest BCUT2D eigenvalue weighted by atomic mass is 9.89. The highest BCUT2D eigenvalue weighted by Crippen LogP contribution is 2.33. The second-order valence-corrected chi connectivity index (χ2v) is 7.18. The maximum absolute atomic E-state index is 13.3. The Labute approximate surface area is 161 Å². The Balaban J connectivity index is 2.14. The normalized spacial score (nSPS) is 17.5. The first-order valence-electron chi connectivity index (χ1n) is 8.17. The summed E-state index contributed by atoms with van der Waals surface area (Å²) in [5, 5.41) is 4.00. The van der Waals surface area contributed by atoms with Crippen LogP contribution < -0.4 is 5.32 Å². The fourth-order valence-corrected chi connectivity index (χ4v) is 3.94. The number of ketones is 1. The van der Waals surface area contributed by atoms with E-state index >= 15 is 0 Å². The van der Waals surface area contributed by atoms with E-state index in [1.807, 2.05) is 73.3 Å². The minimum Gasteiger partial charge on any atom is -0.351 e. The molecule has 1 heterocycles.